The maximum absolute atomic E-state index is 5.64. The van der Waals surface area contributed by atoms with E-state index in [9.17, 15) is 0 Å². The Morgan fingerprint density at radius 1 is 1.20 bits per heavy atom. The molecule has 0 bridgehead atoms. The molecule has 0 aromatic rings. The molecule has 0 unspecified atom stereocenters. The van der Waals surface area contributed by atoms with Gasteiger partial charge < -0.3 is 18.9 Å². The molecule has 0 amide bonds. The summed E-state index contributed by atoms with van der Waals surface area (Å²) >= 11 is 0. The van der Waals surface area contributed by atoms with Crippen molar-refractivity contribution in [2.75, 3.05) is 6.61 Å². The van der Waals surface area contributed by atoms with Crippen LogP contribution < -0.4 is 0 Å². The monoisotopic (exact) mass is 212 g/mol. The number of rotatable bonds is 1. The molecule has 0 aromatic carbocycles. The molecule has 0 aliphatic carbocycles. The van der Waals surface area contributed by atoms with Crippen LogP contribution in [0.2, 0.25) is 0 Å². The lowest BCUT2D eigenvalue weighted by Gasteiger charge is -2.44. The minimum Gasteiger partial charge on any atom is -0.350 e. The largest absolute Gasteiger partial charge is 0.350 e. The van der Waals surface area contributed by atoms with E-state index in [1.54, 1.807) is 0 Å². The lowest BCUT2D eigenvalue weighted by atomic mass is 10.0. The molecule has 0 saturated carbocycles. The van der Waals surface area contributed by atoms with Gasteiger partial charge in [-0.1, -0.05) is 0 Å². The number of terminal acetylenes is 1. The zero-order valence-corrected chi connectivity index (χ0v) is 9.01. The fourth-order valence-electron chi connectivity index (χ4n) is 2.00. The van der Waals surface area contributed by atoms with Crippen LogP contribution in [0.15, 0.2) is 0 Å². The number of hydrogen-bond donors (Lipinski definition) is 0. The first-order valence-corrected chi connectivity index (χ1v) is 5.22. The van der Waals surface area contributed by atoms with Gasteiger partial charge in [0.05, 0.1) is 6.61 Å². The number of fused-ring (bicyclic) bond motifs is 1. The summed E-state index contributed by atoms with van der Waals surface area (Å²) in [5.41, 5.74) is 0. The highest BCUT2D eigenvalue weighted by Gasteiger charge is 2.42. The van der Waals surface area contributed by atoms with E-state index in [0.29, 0.717) is 13.0 Å². The number of ether oxygens (including phenoxy) is 4. The lowest BCUT2D eigenvalue weighted by molar-refractivity contribution is -0.349. The zero-order chi connectivity index (χ0) is 10.8. The highest BCUT2D eigenvalue weighted by Crippen LogP contribution is 2.28. The highest BCUT2D eigenvalue weighted by atomic mass is 16.8. The molecule has 4 nitrogen and oxygen atoms in total. The van der Waals surface area contributed by atoms with Crippen molar-refractivity contribution in [1.29, 1.82) is 0 Å². The summed E-state index contributed by atoms with van der Waals surface area (Å²) < 4.78 is 22.2. The van der Waals surface area contributed by atoms with Gasteiger partial charge in [0.1, 0.15) is 18.3 Å². The Kier molecular flexibility index (Phi) is 3.27. The molecule has 2 rings (SSSR count). The van der Waals surface area contributed by atoms with Crippen molar-refractivity contribution in [3.63, 3.8) is 0 Å². The quantitative estimate of drug-likeness (QED) is 0.605. The summed E-state index contributed by atoms with van der Waals surface area (Å²) in [6, 6.07) is 0. The molecule has 0 spiro atoms. The van der Waals surface area contributed by atoms with Gasteiger partial charge in [-0.15, -0.1) is 12.3 Å². The van der Waals surface area contributed by atoms with Gasteiger partial charge in [0.15, 0.2) is 12.6 Å². The van der Waals surface area contributed by atoms with Crippen LogP contribution in [0.4, 0.5) is 0 Å². The molecule has 15 heavy (non-hydrogen) atoms. The molecule has 2 aliphatic rings. The van der Waals surface area contributed by atoms with Gasteiger partial charge in [-0.3, -0.25) is 0 Å². The topological polar surface area (TPSA) is 36.9 Å². The molecule has 2 heterocycles. The van der Waals surface area contributed by atoms with Gasteiger partial charge in [-0.05, 0) is 13.8 Å². The zero-order valence-electron chi connectivity index (χ0n) is 9.01. The second-order valence-corrected chi connectivity index (χ2v) is 3.83. The summed E-state index contributed by atoms with van der Waals surface area (Å²) in [5.74, 6) is 2.60. The fourth-order valence-corrected chi connectivity index (χ4v) is 2.00. The molecule has 2 aliphatic heterocycles. The van der Waals surface area contributed by atoms with Crippen LogP contribution >= 0.6 is 0 Å². The smallest absolute Gasteiger partial charge is 0.155 e. The molecule has 2 fully saturated rings. The van der Waals surface area contributed by atoms with Crippen molar-refractivity contribution in [3.05, 3.63) is 0 Å². The van der Waals surface area contributed by atoms with Crippen LogP contribution in [0.25, 0.3) is 0 Å². The maximum Gasteiger partial charge on any atom is 0.155 e. The van der Waals surface area contributed by atoms with E-state index in [4.69, 9.17) is 25.4 Å². The summed E-state index contributed by atoms with van der Waals surface area (Å²) in [7, 11) is 0. The lowest BCUT2D eigenvalue weighted by Crippen LogP contribution is -2.56. The Hall–Kier alpha value is -0.600. The maximum atomic E-state index is 5.64. The first-order chi connectivity index (χ1) is 7.20. The molecule has 0 aromatic heterocycles. The van der Waals surface area contributed by atoms with Crippen LogP contribution in [0.5, 0.6) is 0 Å². The van der Waals surface area contributed by atoms with Gasteiger partial charge in [0.2, 0.25) is 0 Å². The van der Waals surface area contributed by atoms with Crippen LogP contribution in [-0.4, -0.2) is 37.5 Å². The standard InChI is InChI=1S/C11H16O4/c1-4-5-9-11-10(14-8(3)13-9)6-12-7(2)15-11/h1,7-11H,5-6H2,2-3H3/t7-,8+,9+,10-,11+/m1/s1. The van der Waals surface area contributed by atoms with Crippen LogP contribution in [0, 0.1) is 12.3 Å². The predicted molar refractivity (Wildman–Crippen MR) is 52.9 cm³/mol. The van der Waals surface area contributed by atoms with E-state index in [-0.39, 0.29) is 30.9 Å². The predicted octanol–water partition coefficient (Wildman–Crippen LogP) is 0.901. The van der Waals surface area contributed by atoms with Gasteiger partial charge >= 0.3 is 0 Å². The van der Waals surface area contributed by atoms with E-state index in [1.807, 2.05) is 13.8 Å². The van der Waals surface area contributed by atoms with Crippen molar-refractivity contribution >= 4 is 0 Å². The van der Waals surface area contributed by atoms with Crippen molar-refractivity contribution < 1.29 is 18.9 Å². The van der Waals surface area contributed by atoms with Crippen LogP contribution in [0.1, 0.15) is 20.3 Å². The summed E-state index contributed by atoms with van der Waals surface area (Å²) in [5, 5.41) is 0. The van der Waals surface area contributed by atoms with Gasteiger partial charge in [-0.2, -0.15) is 0 Å². The average molecular weight is 212 g/mol. The Labute approximate surface area is 89.8 Å². The Bertz CT molecular complexity index is 260. The van der Waals surface area contributed by atoms with Gasteiger partial charge in [0, 0.05) is 6.42 Å². The second-order valence-electron chi connectivity index (χ2n) is 3.83. The third-order valence-corrected chi connectivity index (χ3v) is 2.63. The third kappa shape index (κ3) is 2.32. The average Bonchev–Trinajstić information content (AvgIpc) is 2.19. The van der Waals surface area contributed by atoms with Crippen molar-refractivity contribution in [3.8, 4) is 12.3 Å². The van der Waals surface area contributed by atoms with E-state index in [0.717, 1.165) is 0 Å². The van der Waals surface area contributed by atoms with Crippen molar-refractivity contribution in [2.24, 2.45) is 0 Å². The number of hydrogen-bond acceptors (Lipinski definition) is 4. The van der Waals surface area contributed by atoms with E-state index in [1.165, 1.54) is 0 Å². The minimum atomic E-state index is -0.245. The minimum absolute atomic E-state index is 0.0664. The summed E-state index contributed by atoms with van der Waals surface area (Å²) in [4.78, 5) is 0. The van der Waals surface area contributed by atoms with E-state index in [2.05, 4.69) is 5.92 Å². The summed E-state index contributed by atoms with van der Waals surface area (Å²) in [6.45, 7) is 4.26. The Balaban J connectivity index is 2.06. The van der Waals surface area contributed by atoms with Crippen molar-refractivity contribution in [1.82, 2.24) is 0 Å². The summed E-state index contributed by atoms with van der Waals surface area (Å²) in [6.07, 6.45) is 5.12. The highest BCUT2D eigenvalue weighted by molar-refractivity contribution is 4.95. The van der Waals surface area contributed by atoms with Crippen LogP contribution in [-0.2, 0) is 18.9 Å². The molecule has 4 heteroatoms. The molecule has 0 radical (unpaired) electrons. The molecule has 5 atom stereocenters. The Morgan fingerprint density at radius 3 is 2.73 bits per heavy atom. The molecule has 84 valence electrons. The van der Waals surface area contributed by atoms with Crippen molar-refractivity contribution in [2.45, 2.75) is 51.2 Å². The second kappa shape index (κ2) is 4.50. The normalized spacial score (nSPS) is 45.5. The van der Waals surface area contributed by atoms with E-state index >= 15 is 0 Å². The molecular weight excluding hydrogens is 196 g/mol. The van der Waals surface area contributed by atoms with E-state index < -0.39 is 0 Å². The fraction of sp³-hybridized carbons (Fsp3) is 0.818. The molecule has 0 N–H and O–H groups in total. The van der Waals surface area contributed by atoms with Gasteiger partial charge in [-0.25, -0.2) is 0 Å². The molecular formula is C11H16O4. The van der Waals surface area contributed by atoms with Crippen LogP contribution in [0.3, 0.4) is 0 Å². The van der Waals surface area contributed by atoms with Gasteiger partial charge in [0.25, 0.3) is 0 Å². The third-order valence-electron chi connectivity index (χ3n) is 2.63. The molecule has 2 saturated heterocycles. The first-order valence-electron chi connectivity index (χ1n) is 5.22. The SMILES string of the molecule is C#CC[C@@H]1O[C@H](C)O[C@@H]2CO[C@@H](C)O[C@@H]12. The Morgan fingerprint density at radius 2 is 2.00 bits per heavy atom. The first kappa shape index (κ1) is 10.9.